The van der Waals surface area contributed by atoms with Gasteiger partial charge in [0.1, 0.15) is 11.6 Å². The van der Waals surface area contributed by atoms with Crippen molar-refractivity contribution in [3.8, 4) is 5.69 Å². The molecule has 1 heterocycles. The number of nitrogens with zero attached hydrogens (tertiary/aromatic N) is 3. The number of hydrogen-bond donors (Lipinski definition) is 2. The van der Waals surface area contributed by atoms with E-state index in [1.165, 1.54) is 36.4 Å². The van der Waals surface area contributed by atoms with Gasteiger partial charge < -0.3 is 10.6 Å². The predicted octanol–water partition coefficient (Wildman–Crippen LogP) is 4.51. The highest BCUT2D eigenvalue weighted by atomic mass is 32.2. The van der Waals surface area contributed by atoms with Crippen molar-refractivity contribution in [1.82, 2.24) is 20.1 Å². The molecule has 0 unspecified atom stereocenters. The molecule has 4 aromatic rings. The van der Waals surface area contributed by atoms with E-state index in [1.807, 2.05) is 13.0 Å². The summed E-state index contributed by atoms with van der Waals surface area (Å²) in [5, 5.41) is 14.3. The highest BCUT2D eigenvalue weighted by molar-refractivity contribution is 7.99. The van der Waals surface area contributed by atoms with Gasteiger partial charge in [-0.25, -0.2) is 8.78 Å². The topological polar surface area (TPSA) is 88.9 Å². The third-order valence-corrected chi connectivity index (χ3v) is 5.86. The Morgan fingerprint density at radius 3 is 2.31 bits per heavy atom. The molecule has 7 nitrogen and oxygen atoms in total. The first kappa shape index (κ1) is 24.1. The molecule has 0 radical (unpaired) electrons. The number of anilines is 1. The molecule has 0 spiro atoms. The molecule has 1 aromatic heterocycles. The van der Waals surface area contributed by atoms with Crippen molar-refractivity contribution in [3.05, 3.63) is 101 Å². The summed E-state index contributed by atoms with van der Waals surface area (Å²) >= 11 is 1.13. The van der Waals surface area contributed by atoms with Crippen molar-refractivity contribution in [1.29, 1.82) is 0 Å². The molecule has 0 saturated heterocycles. The van der Waals surface area contributed by atoms with Crippen LogP contribution in [0.15, 0.2) is 78.0 Å². The van der Waals surface area contributed by atoms with E-state index in [4.69, 9.17) is 0 Å². The molecule has 0 saturated carbocycles. The van der Waals surface area contributed by atoms with Crippen LogP contribution >= 0.6 is 11.8 Å². The number of hydrogen-bond acceptors (Lipinski definition) is 5. The number of halogens is 2. The fraction of sp³-hybridized carbons (Fsp3) is 0.120. The molecule has 3 aromatic carbocycles. The van der Waals surface area contributed by atoms with Crippen LogP contribution in [0.2, 0.25) is 0 Å². The van der Waals surface area contributed by atoms with Gasteiger partial charge in [-0.15, -0.1) is 10.2 Å². The summed E-state index contributed by atoms with van der Waals surface area (Å²) in [5.41, 5.74) is 2.53. The van der Waals surface area contributed by atoms with E-state index < -0.39 is 11.6 Å². The third kappa shape index (κ3) is 6.30. The zero-order chi connectivity index (χ0) is 24.8. The third-order valence-electron chi connectivity index (χ3n) is 4.93. The van der Waals surface area contributed by atoms with E-state index in [2.05, 4.69) is 20.8 Å². The average molecular weight is 494 g/mol. The molecule has 2 N–H and O–H groups in total. The molecule has 10 heteroatoms. The van der Waals surface area contributed by atoms with E-state index in [0.717, 1.165) is 17.3 Å². The Labute approximate surface area is 204 Å². The first-order chi connectivity index (χ1) is 16.9. The minimum atomic E-state index is -0.399. The van der Waals surface area contributed by atoms with Crippen LogP contribution in [-0.2, 0) is 11.3 Å². The van der Waals surface area contributed by atoms with Crippen molar-refractivity contribution in [2.45, 2.75) is 18.6 Å². The van der Waals surface area contributed by atoms with Crippen LogP contribution in [0.4, 0.5) is 14.5 Å². The number of amides is 2. The monoisotopic (exact) mass is 493 g/mol. The Balaban J connectivity index is 1.49. The maximum atomic E-state index is 13.5. The molecular formula is C25H21F2N5O2S. The van der Waals surface area contributed by atoms with Crippen molar-refractivity contribution in [2.24, 2.45) is 0 Å². The fourth-order valence-corrected chi connectivity index (χ4v) is 4.04. The number of benzene rings is 3. The first-order valence-corrected chi connectivity index (χ1v) is 11.6. The standard InChI is InChI=1S/C25H21F2N5O2S/c1-16-3-2-4-17(13-16)24(34)28-14-22-30-31-25(32(22)21-11-7-19(27)8-12-21)35-15-23(33)29-20-9-5-18(26)6-10-20/h2-13H,14-15H2,1H3,(H,28,34)(H,29,33). The number of rotatable bonds is 8. The number of aryl methyl sites for hydroxylation is 1. The summed E-state index contributed by atoms with van der Waals surface area (Å²) in [6, 6.07) is 18.4. The molecule has 0 atom stereocenters. The quantitative estimate of drug-likeness (QED) is 0.353. The lowest BCUT2D eigenvalue weighted by molar-refractivity contribution is -0.113. The van der Waals surface area contributed by atoms with Crippen LogP contribution in [0.25, 0.3) is 5.69 Å². The van der Waals surface area contributed by atoms with Gasteiger partial charge in [-0.3, -0.25) is 14.2 Å². The molecule has 0 fully saturated rings. The van der Waals surface area contributed by atoms with Crippen molar-refractivity contribution >= 4 is 29.3 Å². The Hall–Kier alpha value is -4.05. The van der Waals surface area contributed by atoms with E-state index >= 15 is 0 Å². The number of carbonyl (C=O) groups is 2. The summed E-state index contributed by atoms with van der Waals surface area (Å²) in [4.78, 5) is 25.0. The summed E-state index contributed by atoms with van der Waals surface area (Å²) < 4.78 is 28.2. The van der Waals surface area contributed by atoms with Gasteiger partial charge >= 0.3 is 0 Å². The molecular weight excluding hydrogens is 472 g/mol. The fourth-order valence-electron chi connectivity index (χ4n) is 3.27. The number of nitrogens with one attached hydrogen (secondary N) is 2. The average Bonchev–Trinajstić information content (AvgIpc) is 3.26. The highest BCUT2D eigenvalue weighted by Crippen LogP contribution is 2.23. The van der Waals surface area contributed by atoms with Gasteiger partial charge in [0, 0.05) is 16.9 Å². The van der Waals surface area contributed by atoms with Gasteiger partial charge in [-0.2, -0.15) is 0 Å². The van der Waals surface area contributed by atoms with E-state index in [0.29, 0.717) is 27.9 Å². The Bertz CT molecular complexity index is 1340. The lowest BCUT2D eigenvalue weighted by Crippen LogP contribution is -2.24. The minimum absolute atomic E-state index is 0.00631. The van der Waals surface area contributed by atoms with Crippen LogP contribution in [0.1, 0.15) is 21.7 Å². The predicted molar refractivity (Wildman–Crippen MR) is 129 cm³/mol. The van der Waals surface area contributed by atoms with Crippen LogP contribution in [0, 0.1) is 18.6 Å². The SMILES string of the molecule is Cc1cccc(C(=O)NCc2nnc(SCC(=O)Nc3ccc(F)cc3)n2-c2ccc(F)cc2)c1. The van der Waals surface area contributed by atoms with Crippen LogP contribution in [0.3, 0.4) is 0 Å². The van der Waals surface area contributed by atoms with Crippen LogP contribution in [0.5, 0.6) is 0 Å². The molecule has 0 aliphatic carbocycles. The van der Waals surface area contributed by atoms with E-state index in [9.17, 15) is 18.4 Å². The molecule has 2 amide bonds. The lowest BCUT2D eigenvalue weighted by Gasteiger charge is -2.11. The van der Waals surface area contributed by atoms with Crippen LogP contribution in [-0.4, -0.2) is 32.3 Å². The van der Waals surface area contributed by atoms with Gasteiger partial charge in [-0.05, 0) is 67.6 Å². The van der Waals surface area contributed by atoms with Crippen molar-refractivity contribution in [3.63, 3.8) is 0 Å². The van der Waals surface area contributed by atoms with Crippen LogP contribution < -0.4 is 10.6 Å². The molecule has 0 aliphatic rings. The maximum Gasteiger partial charge on any atom is 0.251 e. The number of thioether (sulfide) groups is 1. The first-order valence-electron chi connectivity index (χ1n) is 10.6. The smallest absolute Gasteiger partial charge is 0.251 e. The highest BCUT2D eigenvalue weighted by Gasteiger charge is 2.17. The Morgan fingerprint density at radius 2 is 1.63 bits per heavy atom. The number of carbonyl (C=O) groups excluding carboxylic acids is 2. The second-order valence-electron chi connectivity index (χ2n) is 7.61. The largest absolute Gasteiger partial charge is 0.345 e. The zero-order valence-corrected chi connectivity index (χ0v) is 19.5. The molecule has 35 heavy (non-hydrogen) atoms. The van der Waals surface area contributed by atoms with Gasteiger partial charge in [-0.1, -0.05) is 29.5 Å². The molecule has 4 rings (SSSR count). The zero-order valence-electron chi connectivity index (χ0n) is 18.7. The second kappa shape index (κ2) is 10.9. The van der Waals surface area contributed by atoms with Gasteiger partial charge in [0.2, 0.25) is 5.91 Å². The summed E-state index contributed by atoms with van der Waals surface area (Å²) in [7, 11) is 0. The summed E-state index contributed by atoms with van der Waals surface area (Å²) in [6.45, 7) is 1.97. The van der Waals surface area contributed by atoms with Gasteiger partial charge in [0.25, 0.3) is 5.91 Å². The molecule has 0 aliphatic heterocycles. The lowest BCUT2D eigenvalue weighted by atomic mass is 10.1. The van der Waals surface area contributed by atoms with Crippen molar-refractivity contribution in [2.75, 3.05) is 11.1 Å². The summed E-state index contributed by atoms with van der Waals surface area (Å²) in [6.07, 6.45) is 0. The Morgan fingerprint density at radius 1 is 0.943 bits per heavy atom. The minimum Gasteiger partial charge on any atom is -0.345 e. The van der Waals surface area contributed by atoms with Crippen molar-refractivity contribution < 1.29 is 18.4 Å². The molecule has 178 valence electrons. The normalized spacial score (nSPS) is 10.7. The molecule has 0 bridgehead atoms. The van der Waals surface area contributed by atoms with Gasteiger partial charge in [0.05, 0.1) is 12.3 Å². The van der Waals surface area contributed by atoms with E-state index in [1.54, 1.807) is 34.9 Å². The Kier molecular flexibility index (Phi) is 7.51. The second-order valence-corrected chi connectivity index (χ2v) is 8.55. The maximum absolute atomic E-state index is 13.5. The number of aromatic nitrogens is 3. The van der Waals surface area contributed by atoms with E-state index in [-0.39, 0.29) is 24.1 Å². The summed E-state index contributed by atoms with van der Waals surface area (Å²) in [5.74, 6) is -0.957. The van der Waals surface area contributed by atoms with Gasteiger partial charge in [0.15, 0.2) is 11.0 Å².